The smallest absolute Gasteiger partial charge is 0.262 e. The van der Waals surface area contributed by atoms with Crippen molar-refractivity contribution in [2.45, 2.75) is 13.3 Å². The number of benzene rings is 2. The molecule has 132 valence electrons. The molecule has 0 aromatic heterocycles. The Morgan fingerprint density at radius 3 is 2.04 bits per heavy atom. The van der Waals surface area contributed by atoms with Gasteiger partial charge in [-0.05, 0) is 24.3 Å². The molecule has 25 heavy (non-hydrogen) atoms. The zero-order valence-electron chi connectivity index (χ0n) is 14.5. The Morgan fingerprint density at radius 2 is 1.52 bits per heavy atom. The van der Waals surface area contributed by atoms with Crippen molar-refractivity contribution in [2.75, 3.05) is 26.1 Å². The Bertz CT molecular complexity index is 718. The summed E-state index contributed by atoms with van der Waals surface area (Å²) in [5.74, 6) is 1.42. The number of hydrogen-bond acceptors (Lipinski definition) is 5. The molecule has 0 aliphatic carbocycles. The molecule has 0 saturated carbocycles. The maximum Gasteiger partial charge on any atom is 0.262 e. The summed E-state index contributed by atoms with van der Waals surface area (Å²) >= 11 is 0. The van der Waals surface area contributed by atoms with Crippen molar-refractivity contribution in [3.63, 3.8) is 0 Å². The van der Waals surface area contributed by atoms with E-state index in [2.05, 4.69) is 5.32 Å². The number of hydrogen-bond donors (Lipinski definition) is 1. The van der Waals surface area contributed by atoms with Crippen LogP contribution in [0.3, 0.4) is 0 Å². The van der Waals surface area contributed by atoms with E-state index in [1.165, 1.54) is 14.2 Å². The van der Waals surface area contributed by atoms with E-state index in [-0.39, 0.29) is 18.3 Å². The molecular weight excluding hydrogens is 322 g/mol. The largest absolute Gasteiger partial charge is 0.497 e. The van der Waals surface area contributed by atoms with Gasteiger partial charge < -0.3 is 19.5 Å². The quantitative estimate of drug-likeness (QED) is 0.744. The van der Waals surface area contributed by atoms with Gasteiger partial charge in [0.2, 0.25) is 0 Å². The van der Waals surface area contributed by atoms with Gasteiger partial charge in [0.25, 0.3) is 5.91 Å². The van der Waals surface area contributed by atoms with Crippen molar-refractivity contribution in [1.82, 2.24) is 0 Å². The molecule has 0 aliphatic rings. The van der Waals surface area contributed by atoms with Crippen LogP contribution in [0.4, 0.5) is 5.69 Å². The molecule has 2 rings (SSSR count). The molecule has 1 amide bonds. The maximum atomic E-state index is 12.0. The predicted octanol–water partition coefficient (Wildman–Crippen LogP) is 3.31. The van der Waals surface area contributed by atoms with Crippen LogP contribution in [0.25, 0.3) is 0 Å². The van der Waals surface area contributed by atoms with Gasteiger partial charge >= 0.3 is 0 Å². The summed E-state index contributed by atoms with van der Waals surface area (Å²) in [6.45, 7) is 1.66. The SMILES string of the molecule is CCC(=O)c1ccc(OCC(=O)Nc2cc(OC)cc(OC)c2)cc1. The highest BCUT2D eigenvalue weighted by Crippen LogP contribution is 2.25. The van der Waals surface area contributed by atoms with Gasteiger partial charge in [-0.15, -0.1) is 0 Å². The summed E-state index contributed by atoms with van der Waals surface area (Å²) < 4.78 is 15.8. The molecular formula is C19H21NO5. The summed E-state index contributed by atoms with van der Waals surface area (Å²) in [5, 5.41) is 2.72. The average Bonchev–Trinajstić information content (AvgIpc) is 2.65. The standard InChI is InChI=1S/C19H21NO5/c1-4-18(21)13-5-7-15(8-6-13)25-12-19(22)20-14-9-16(23-2)11-17(10-14)24-3/h5-11H,4,12H2,1-3H3,(H,20,22). The lowest BCUT2D eigenvalue weighted by atomic mass is 10.1. The Labute approximate surface area is 146 Å². The Balaban J connectivity index is 1.93. The van der Waals surface area contributed by atoms with E-state index in [1.807, 2.05) is 6.92 Å². The number of amides is 1. The zero-order valence-corrected chi connectivity index (χ0v) is 14.5. The summed E-state index contributed by atoms with van der Waals surface area (Å²) in [4.78, 5) is 23.6. The minimum Gasteiger partial charge on any atom is -0.497 e. The van der Waals surface area contributed by atoms with E-state index in [1.54, 1.807) is 42.5 Å². The highest BCUT2D eigenvalue weighted by molar-refractivity contribution is 5.96. The molecule has 0 heterocycles. The third kappa shape index (κ3) is 5.24. The van der Waals surface area contributed by atoms with Gasteiger partial charge in [0.1, 0.15) is 17.2 Å². The Morgan fingerprint density at radius 1 is 0.920 bits per heavy atom. The number of carbonyl (C=O) groups excluding carboxylic acids is 2. The van der Waals surface area contributed by atoms with Gasteiger partial charge in [0, 0.05) is 35.9 Å². The van der Waals surface area contributed by atoms with Crippen molar-refractivity contribution >= 4 is 17.4 Å². The molecule has 1 N–H and O–H groups in total. The molecule has 0 radical (unpaired) electrons. The molecule has 2 aromatic carbocycles. The average molecular weight is 343 g/mol. The van der Waals surface area contributed by atoms with Crippen molar-refractivity contribution in [3.05, 3.63) is 48.0 Å². The van der Waals surface area contributed by atoms with Crippen LogP contribution in [0, 0.1) is 0 Å². The van der Waals surface area contributed by atoms with Gasteiger partial charge in [-0.25, -0.2) is 0 Å². The number of ether oxygens (including phenoxy) is 3. The molecule has 0 aliphatic heterocycles. The molecule has 6 nitrogen and oxygen atoms in total. The van der Waals surface area contributed by atoms with Crippen molar-refractivity contribution < 1.29 is 23.8 Å². The summed E-state index contributed by atoms with van der Waals surface area (Å²) in [5.41, 5.74) is 1.18. The number of methoxy groups -OCH3 is 2. The minimum atomic E-state index is -0.316. The second kappa shape index (κ2) is 8.73. The molecule has 0 unspecified atom stereocenters. The first-order valence-electron chi connectivity index (χ1n) is 7.84. The molecule has 0 saturated heterocycles. The Kier molecular flexibility index (Phi) is 6.39. The fourth-order valence-corrected chi connectivity index (χ4v) is 2.17. The molecule has 0 spiro atoms. The van der Waals surface area contributed by atoms with Gasteiger partial charge in [0.05, 0.1) is 14.2 Å². The number of nitrogens with one attached hydrogen (secondary N) is 1. The first-order chi connectivity index (χ1) is 12.0. The fourth-order valence-electron chi connectivity index (χ4n) is 2.17. The van der Waals surface area contributed by atoms with Crippen LogP contribution in [0.15, 0.2) is 42.5 Å². The summed E-state index contributed by atoms with van der Waals surface area (Å²) in [6.07, 6.45) is 0.451. The minimum absolute atomic E-state index is 0.0660. The van der Waals surface area contributed by atoms with Crippen LogP contribution in [0.1, 0.15) is 23.7 Å². The van der Waals surface area contributed by atoms with E-state index < -0.39 is 0 Å². The number of rotatable bonds is 8. The first kappa shape index (κ1) is 18.3. The van der Waals surface area contributed by atoms with Crippen molar-refractivity contribution in [1.29, 1.82) is 0 Å². The predicted molar refractivity (Wildman–Crippen MR) is 94.7 cm³/mol. The van der Waals surface area contributed by atoms with E-state index in [0.717, 1.165) is 0 Å². The molecule has 0 fully saturated rings. The summed E-state index contributed by atoms with van der Waals surface area (Å²) in [6, 6.07) is 11.8. The molecule has 0 atom stereocenters. The van der Waals surface area contributed by atoms with Gasteiger partial charge in [0.15, 0.2) is 12.4 Å². The van der Waals surface area contributed by atoms with Crippen molar-refractivity contribution in [2.24, 2.45) is 0 Å². The van der Waals surface area contributed by atoms with Crippen LogP contribution in [0.5, 0.6) is 17.2 Å². The third-order valence-electron chi connectivity index (χ3n) is 3.50. The third-order valence-corrected chi connectivity index (χ3v) is 3.50. The van der Waals surface area contributed by atoms with E-state index in [9.17, 15) is 9.59 Å². The molecule has 6 heteroatoms. The van der Waals surface area contributed by atoms with Crippen LogP contribution in [0.2, 0.25) is 0 Å². The number of Topliss-reactive ketones (excluding diaryl/α,β-unsaturated/α-hetero) is 1. The molecule has 2 aromatic rings. The lowest BCUT2D eigenvalue weighted by Crippen LogP contribution is -2.20. The second-order valence-corrected chi connectivity index (χ2v) is 5.24. The number of carbonyl (C=O) groups is 2. The molecule has 0 bridgehead atoms. The van der Waals surface area contributed by atoms with Crippen LogP contribution < -0.4 is 19.5 Å². The Hall–Kier alpha value is -3.02. The van der Waals surface area contributed by atoms with E-state index in [4.69, 9.17) is 14.2 Å². The van der Waals surface area contributed by atoms with Gasteiger partial charge in [-0.1, -0.05) is 6.92 Å². The van der Waals surface area contributed by atoms with Crippen LogP contribution in [-0.4, -0.2) is 32.5 Å². The van der Waals surface area contributed by atoms with E-state index >= 15 is 0 Å². The number of anilines is 1. The summed E-state index contributed by atoms with van der Waals surface area (Å²) in [7, 11) is 3.08. The zero-order chi connectivity index (χ0) is 18.2. The topological polar surface area (TPSA) is 73.9 Å². The monoisotopic (exact) mass is 343 g/mol. The van der Waals surface area contributed by atoms with E-state index in [0.29, 0.717) is 34.9 Å². The number of ketones is 1. The first-order valence-corrected chi connectivity index (χ1v) is 7.84. The highest BCUT2D eigenvalue weighted by Gasteiger charge is 2.08. The van der Waals surface area contributed by atoms with Crippen molar-refractivity contribution in [3.8, 4) is 17.2 Å². The van der Waals surface area contributed by atoms with Crippen LogP contribution >= 0.6 is 0 Å². The lowest BCUT2D eigenvalue weighted by Gasteiger charge is -2.11. The van der Waals surface area contributed by atoms with Gasteiger partial charge in [-0.3, -0.25) is 9.59 Å². The maximum absolute atomic E-state index is 12.0. The van der Waals surface area contributed by atoms with Crippen LogP contribution in [-0.2, 0) is 4.79 Å². The fraction of sp³-hybridized carbons (Fsp3) is 0.263. The normalized spacial score (nSPS) is 10.0. The van der Waals surface area contributed by atoms with Gasteiger partial charge in [-0.2, -0.15) is 0 Å². The lowest BCUT2D eigenvalue weighted by molar-refractivity contribution is -0.118. The second-order valence-electron chi connectivity index (χ2n) is 5.24. The highest BCUT2D eigenvalue weighted by atomic mass is 16.5.